The first-order valence-corrected chi connectivity index (χ1v) is 12.4. The average molecular weight is 493 g/mol. The second kappa shape index (κ2) is 11.7. The number of oxazole rings is 1. The summed E-state index contributed by atoms with van der Waals surface area (Å²) >= 11 is 0. The zero-order valence-corrected chi connectivity index (χ0v) is 20.7. The smallest absolute Gasteiger partial charge is 0.407 e. The van der Waals surface area contributed by atoms with E-state index >= 15 is 0 Å². The summed E-state index contributed by atoms with van der Waals surface area (Å²) in [6.45, 7) is 4.55. The van der Waals surface area contributed by atoms with Gasteiger partial charge in [-0.3, -0.25) is 0 Å². The molecule has 1 heterocycles. The molecule has 36 heavy (non-hydrogen) atoms. The zero-order valence-electron chi connectivity index (χ0n) is 20.7. The highest BCUT2D eigenvalue weighted by molar-refractivity contribution is 5.81. The van der Waals surface area contributed by atoms with Crippen molar-refractivity contribution in [2.45, 2.75) is 58.1 Å². The van der Waals surface area contributed by atoms with Gasteiger partial charge in [-0.25, -0.2) is 14.6 Å². The highest BCUT2D eigenvalue weighted by Gasteiger charge is 2.48. The van der Waals surface area contributed by atoms with Crippen LogP contribution in [0.1, 0.15) is 49.6 Å². The summed E-state index contributed by atoms with van der Waals surface area (Å²) in [5, 5.41) is 2.75. The molecule has 1 aliphatic rings. The predicted octanol–water partition coefficient (Wildman–Crippen LogP) is 5.37. The molecule has 0 radical (unpaired) electrons. The van der Waals surface area contributed by atoms with Gasteiger partial charge >= 0.3 is 12.1 Å². The maximum absolute atomic E-state index is 12.3. The first-order valence-electron chi connectivity index (χ1n) is 12.4. The van der Waals surface area contributed by atoms with E-state index in [0.29, 0.717) is 43.9 Å². The van der Waals surface area contributed by atoms with E-state index < -0.39 is 11.7 Å². The second-order valence-electron chi connectivity index (χ2n) is 8.80. The van der Waals surface area contributed by atoms with Crippen LogP contribution in [-0.2, 0) is 27.2 Å². The molecule has 3 aromatic rings. The van der Waals surface area contributed by atoms with Gasteiger partial charge in [0, 0.05) is 12.1 Å². The quantitative estimate of drug-likeness (QED) is 0.284. The number of hydrogen-bond acceptors (Lipinski definition) is 7. The van der Waals surface area contributed by atoms with Crippen molar-refractivity contribution in [3.8, 4) is 17.2 Å². The third-order valence-electron chi connectivity index (χ3n) is 6.16. The predicted molar refractivity (Wildman–Crippen MR) is 133 cm³/mol. The number of rotatable bonds is 11. The molecule has 0 spiro atoms. The number of nitrogens with zero attached hydrogens (tertiary/aromatic N) is 1. The molecular weight excluding hydrogens is 460 g/mol. The largest absolute Gasteiger partial charge is 0.476 e. The lowest BCUT2D eigenvalue weighted by Crippen LogP contribution is -2.51. The van der Waals surface area contributed by atoms with Crippen LogP contribution in [0.4, 0.5) is 4.79 Å². The summed E-state index contributed by atoms with van der Waals surface area (Å²) in [4.78, 5) is 29.1. The summed E-state index contributed by atoms with van der Waals surface area (Å²) in [6.07, 6.45) is 3.00. The van der Waals surface area contributed by atoms with Crippen LogP contribution in [0.5, 0.6) is 5.75 Å². The molecule has 0 saturated heterocycles. The van der Waals surface area contributed by atoms with Crippen LogP contribution < -0.4 is 10.1 Å². The third-order valence-corrected chi connectivity index (χ3v) is 6.16. The van der Waals surface area contributed by atoms with E-state index in [2.05, 4.69) is 10.3 Å². The van der Waals surface area contributed by atoms with E-state index in [4.69, 9.17) is 18.6 Å². The van der Waals surface area contributed by atoms with Crippen molar-refractivity contribution in [1.29, 1.82) is 0 Å². The molecule has 8 heteroatoms. The van der Waals surface area contributed by atoms with Gasteiger partial charge < -0.3 is 23.9 Å². The Bertz CT molecular complexity index is 1170. The van der Waals surface area contributed by atoms with Crippen LogP contribution in [0.25, 0.3) is 11.5 Å². The van der Waals surface area contributed by atoms with E-state index in [1.165, 1.54) is 0 Å². The Labute approximate surface area is 211 Å². The first-order chi connectivity index (χ1) is 17.5. The van der Waals surface area contributed by atoms with Crippen molar-refractivity contribution >= 4 is 12.1 Å². The van der Waals surface area contributed by atoms with Crippen LogP contribution in [-0.4, -0.2) is 35.9 Å². The average Bonchev–Trinajstić information content (AvgIpc) is 3.24. The summed E-state index contributed by atoms with van der Waals surface area (Å²) in [6, 6.07) is 17.1. The number of ether oxygens (including phenoxy) is 3. The SMILES string of the molecule is CCOC(=O)C1(Oc2cccc(CNC(=O)OCCCc3nc(-c4ccccc4)oc3C)c2)CCC1. The van der Waals surface area contributed by atoms with E-state index in [9.17, 15) is 9.59 Å². The monoisotopic (exact) mass is 492 g/mol. The summed E-state index contributed by atoms with van der Waals surface area (Å²) in [5.74, 6) is 1.62. The lowest BCUT2D eigenvalue weighted by atomic mass is 9.80. The number of benzene rings is 2. The number of carbonyl (C=O) groups excluding carboxylic acids is 2. The fourth-order valence-corrected chi connectivity index (χ4v) is 4.05. The van der Waals surface area contributed by atoms with Gasteiger partial charge in [-0.15, -0.1) is 0 Å². The van der Waals surface area contributed by atoms with E-state index in [1.807, 2.05) is 55.5 Å². The van der Waals surface area contributed by atoms with E-state index in [0.717, 1.165) is 29.0 Å². The standard InChI is InChI=1S/C28H32N2O6/c1-3-33-26(31)28(15-9-16-28)36-23-13-7-10-21(18-23)19-29-27(32)34-17-8-14-24-20(2)35-25(30-24)22-11-5-4-6-12-22/h4-7,10-13,18H,3,8-9,14-17,19H2,1-2H3,(H,29,32). The molecular formula is C28H32N2O6. The van der Waals surface area contributed by atoms with Crippen molar-refractivity contribution in [1.82, 2.24) is 10.3 Å². The molecule has 1 amide bonds. The molecule has 0 bridgehead atoms. The fourth-order valence-electron chi connectivity index (χ4n) is 4.05. The molecule has 0 aliphatic heterocycles. The van der Waals surface area contributed by atoms with Crippen molar-refractivity contribution in [3.63, 3.8) is 0 Å². The minimum Gasteiger partial charge on any atom is -0.476 e. The van der Waals surface area contributed by atoms with Gasteiger partial charge in [0.25, 0.3) is 0 Å². The van der Waals surface area contributed by atoms with Crippen LogP contribution in [0.3, 0.4) is 0 Å². The maximum Gasteiger partial charge on any atom is 0.407 e. The maximum atomic E-state index is 12.3. The Morgan fingerprint density at radius 1 is 1.08 bits per heavy atom. The number of amides is 1. The minimum absolute atomic E-state index is 0.268. The topological polar surface area (TPSA) is 99.9 Å². The summed E-state index contributed by atoms with van der Waals surface area (Å²) in [7, 11) is 0. The van der Waals surface area contributed by atoms with Crippen LogP contribution in [0, 0.1) is 6.92 Å². The summed E-state index contributed by atoms with van der Waals surface area (Å²) in [5.41, 5.74) is 1.74. The van der Waals surface area contributed by atoms with Crippen LogP contribution in [0.15, 0.2) is 59.0 Å². The molecule has 8 nitrogen and oxygen atoms in total. The molecule has 0 atom stereocenters. The van der Waals surface area contributed by atoms with Gasteiger partial charge in [-0.2, -0.15) is 0 Å². The van der Waals surface area contributed by atoms with Gasteiger partial charge in [-0.1, -0.05) is 30.3 Å². The van der Waals surface area contributed by atoms with Gasteiger partial charge in [0.1, 0.15) is 11.5 Å². The number of aromatic nitrogens is 1. The minimum atomic E-state index is -0.898. The number of alkyl carbamates (subject to hydrolysis) is 1. The lowest BCUT2D eigenvalue weighted by Gasteiger charge is -2.39. The second-order valence-corrected chi connectivity index (χ2v) is 8.80. The normalized spacial score (nSPS) is 13.9. The van der Waals surface area contributed by atoms with Gasteiger partial charge in [-0.05, 0) is 75.8 Å². The van der Waals surface area contributed by atoms with Crippen molar-refractivity contribution < 1.29 is 28.2 Å². The molecule has 1 aliphatic carbocycles. The Morgan fingerprint density at radius 3 is 2.61 bits per heavy atom. The Morgan fingerprint density at radius 2 is 1.89 bits per heavy atom. The Kier molecular flexibility index (Phi) is 8.25. The van der Waals surface area contributed by atoms with Gasteiger partial charge in [0.2, 0.25) is 11.5 Å². The van der Waals surface area contributed by atoms with E-state index in [1.54, 1.807) is 13.0 Å². The number of esters is 1. The molecule has 1 N–H and O–H groups in total. The molecule has 1 saturated carbocycles. The molecule has 4 rings (SSSR count). The molecule has 1 aromatic heterocycles. The van der Waals surface area contributed by atoms with Crippen molar-refractivity contribution in [2.75, 3.05) is 13.2 Å². The number of nitrogens with one attached hydrogen (secondary N) is 1. The van der Waals surface area contributed by atoms with Crippen LogP contribution >= 0.6 is 0 Å². The third kappa shape index (κ3) is 6.24. The molecule has 2 aromatic carbocycles. The number of hydrogen-bond donors (Lipinski definition) is 1. The zero-order chi connectivity index (χ0) is 25.4. The van der Waals surface area contributed by atoms with Crippen molar-refractivity contribution in [2.24, 2.45) is 0 Å². The highest BCUT2D eigenvalue weighted by atomic mass is 16.6. The Balaban J connectivity index is 1.20. The highest BCUT2D eigenvalue weighted by Crippen LogP contribution is 2.38. The number of carbonyl (C=O) groups is 2. The first kappa shape index (κ1) is 25.3. The lowest BCUT2D eigenvalue weighted by molar-refractivity contribution is -0.169. The molecule has 1 fully saturated rings. The van der Waals surface area contributed by atoms with E-state index in [-0.39, 0.29) is 19.1 Å². The molecule has 0 unspecified atom stereocenters. The van der Waals surface area contributed by atoms with Crippen LogP contribution in [0.2, 0.25) is 0 Å². The number of aryl methyl sites for hydroxylation is 2. The Hall–Kier alpha value is -3.81. The fraction of sp³-hybridized carbons (Fsp3) is 0.393. The van der Waals surface area contributed by atoms with Gasteiger partial charge in [0.05, 0.1) is 18.9 Å². The van der Waals surface area contributed by atoms with Crippen molar-refractivity contribution in [3.05, 3.63) is 71.6 Å². The molecule has 190 valence electrons. The summed E-state index contributed by atoms with van der Waals surface area (Å²) < 4.78 is 22.3. The van der Waals surface area contributed by atoms with Gasteiger partial charge in [0.15, 0.2) is 0 Å².